The third-order valence-electron chi connectivity index (χ3n) is 3.40. The van der Waals surface area contributed by atoms with Crippen LogP contribution >= 0.6 is 11.8 Å². The highest BCUT2D eigenvalue weighted by molar-refractivity contribution is 8.00. The monoisotopic (exact) mass is 358 g/mol. The van der Waals surface area contributed by atoms with Crippen molar-refractivity contribution in [2.75, 3.05) is 5.32 Å². The number of benzene rings is 1. The van der Waals surface area contributed by atoms with Gasteiger partial charge in [-0.1, -0.05) is 23.9 Å². The molecular weight excluding hydrogens is 343 g/mol. The number of nitrogens with zero attached hydrogens (tertiary/aromatic N) is 5. The van der Waals surface area contributed by atoms with Crippen LogP contribution in [0.5, 0.6) is 0 Å². The summed E-state index contributed by atoms with van der Waals surface area (Å²) in [5, 5.41) is 10.8. The molecular formula is C16H15FN6OS. The lowest BCUT2D eigenvalue weighted by Gasteiger charge is -2.10. The summed E-state index contributed by atoms with van der Waals surface area (Å²) >= 11 is 1.22. The third kappa shape index (κ3) is 3.82. The van der Waals surface area contributed by atoms with E-state index in [0.717, 1.165) is 0 Å². The van der Waals surface area contributed by atoms with Gasteiger partial charge in [0.25, 0.3) is 0 Å². The highest BCUT2D eigenvalue weighted by atomic mass is 32.2. The summed E-state index contributed by atoms with van der Waals surface area (Å²) in [7, 11) is 1.73. The third-order valence-corrected chi connectivity index (χ3v) is 4.54. The van der Waals surface area contributed by atoms with Crippen molar-refractivity contribution in [3.05, 3.63) is 48.5 Å². The maximum atomic E-state index is 13.9. The Bertz CT molecular complexity index is 885. The van der Waals surface area contributed by atoms with E-state index in [1.54, 1.807) is 55.2 Å². The Morgan fingerprint density at radius 2 is 1.92 bits per heavy atom. The van der Waals surface area contributed by atoms with Gasteiger partial charge in [0.2, 0.25) is 11.9 Å². The van der Waals surface area contributed by atoms with Crippen molar-refractivity contribution in [1.29, 1.82) is 0 Å². The number of rotatable bonds is 5. The molecule has 0 aliphatic carbocycles. The number of halogens is 1. The van der Waals surface area contributed by atoms with Gasteiger partial charge < -0.3 is 4.57 Å². The molecule has 0 saturated carbocycles. The predicted molar refractivity (Wildman–Crippen MR) is 92.4 cm³/mol. The summed E-state index contributed by atoms with van der Waals surface area (Å²) in [4.78, 5) is 20.1. The molecule has 0 aliphatic heterocycles. The molecule has 9 heteroatoms. The van der Waals surface area contributed by atoms with Crippen LogP contribution in [0.25, 0.3) is 11.4 Å². The van der Waals surface area contributed by atoms with Gasteiger partial charge in [0.15, 0.2) is 11.0 Å². The molecule has 1 aromatic carbocycles. The topological polar surface area (TPSA) is 85.6 Å². The van der Waals surface area contributed by atoms with Crippen LogP contribution in [0, 0.1) is 5.82 Å². The molecule has 0 fully saturated rings. The van der Waals surface area contributed by atoms with Crippen LogP contribution in [-0.2, 0) is 11.8 Å². The van der Waals surface area contributed by atoms with Crippen molar-refractivity contribution in [2.24, 2.45) is 7.05 Å². The largest absolute Gasteiger partial charge is 0.305 e. The first-order valence-corrected chi connectivity index (χ1v) is 8.33. The van der Waals surface area contributed by atoms with Gasteiger partial charge in [0.1, 0.15) is 5.82 Å². The second-order valence-electron chi connectivity index (χ2n) is 5.17. The molecule has 7 nitrogen and oxygen atoms in total. The number of carbonyl (C=O) groups excluding carboxylic acids is 1. The minimum absolute atomic E-state index is 0.241. The summed E-state index contributed by atoms with van der Waals surface area (Å²) in [6.07, 6.45) is 3.09. The molecule has 1 unspecified atom stereocenters. The lowest BCUT2D eigenvalue weighted by atomic mass is 10.2. The zero-order valence-electron chi connectivity index (χ0n) is 13.5. The van der Waals surface area contributed by atoms with E-state index in [1.165, 1.54) is 17.8 Å². The minimum atomic E-state index is -0.458. The number of carbonyl (C=O) groups is 1. The maximum Gasteiger partial charge on any atom is 0.240 e. The zero-order valence-corrected chi connectivity index (χ0v) is 14.4. The minimum Gasteiger partial charge on any atom is -0.305 e. The van der Waals surface area contributed by atoms with E-state index in [-0.39, 0.29) is 17.7 Å². The van der Waals surface area contributed by atoms with E-state index in [2.05, 4.69) is 25.5 Å². The van der Waals surface area contributed by atoms with Gasteiger partial charge in [-0.25, -0.2) is 14.4 Å². The highest BCUT2D eigenvalue weighted by Crippen LogP contribution is 2.27. The summed E-state index contributed by atoms with van der Waals surface area (Å²) in [5.41, 5.74) is 0.360. The average molecular weight is 358 g/mol. The first kappa shape index (κ1) is 17.0. The Balaban J connectivity index is 1.73. The molecule has 0 aliphatic rings. The fourth-order valence-corrected chi connectivity index (χ4v) is 2.90. The van der Waals surface area contributed by atoms with Crippen LogP contribution in [0.1, 0.15) is 6.92 Å². The van der Waals surface area contributed by atoms with Crippen LogP contribution < -0.4 is 5.32 Å². The molecule has 0 spiro atoms. The Kier molecular flexibility index (Phi) is 5.03. The Hall–Kier alpha value is -2.81. The molecule has 1 amide bonds. The second-order valence-corrected chi connectivity index (χ2v) is 6.47. The fraction of sp³-hybridized carbons (Fsp3) is 0.188. The van der Waals surface area contributed by atoms with E-state index in [1.807, 2.05) is 0 Å². The first-order valence-electron chi connectivity index (χ1n) is 7.45. The summed E-state index contributed by atoms with van der Waals surface area (Å²) in [5.74, 6) is 0.0118. The summed E-state index contributed by atoms with van der Waals surface area (Å²) in [6.45, 7) is 1.74. The molecule has 3 aromatic rings. The molecule has 128 valence electrons. The number of aromatic nitrogens is 5. The van der Waals surface area contributed by atoms with Gasteiger partial charge in [0.05, 0.1) is 10.8 Å². The quantitative estimate of drug-likeness (QED) is 0.706. The van der Waals surface area contributed by atoms with Crippen molar-refractivity contribution in [3.8, 4) is 11.4 Å². The molecule has 0 radical (unpaired) electrons. The van der Waals surface area contributed by atoms with Gasteiger partial charge in [-0.05, 0) is 25.1 Å². The van der Waals surface area contributed by atoms with E-state index in [0.29, 0.717) is 16.5 Å². The molecule has 2 heterocycles. The van der Waals surface area contributed by atoms with Gasteiger partial charge in [-0.3, -0.25) is 10.1 Å². The second kappa shape index (κ2) is 7.39. The van der Waals surface area contributed by atoms with Crippen LogP contribution in [0.3, 0.4) is 0 Å². The molecule has 0 saturated heterocycles. The van der Waals surface area contributed by atoms with Gasteiger partial charge in [0, 0.05) is 19.4 Å². The SMILES string of the molecule is CC(Sc1nnc(-c2ccccc2F)n1C)C(=O)Nc1ncccn1. The van der Waals surface area contributed by atoms with E-state index < -0.39 is 5.25 Å². The number of hydrogen-bond donors (Lipinski definition) is 1. The van der Waals surface area contributed by atoms with Crippen molar-refractivity contribution in [1.82, 2.24) is 24.7 Å². The van der Waals surface area contributed by atoms with Crippen LogP contribution in [0.2, 0.25) is 0 Å². The Labute approximate surface area is 147 Å². The molecule has 0 bridgehead atoms. The van der Waals surface area contributed by atoms with E-state index in [4.69, 9.17) is 0 Å². The predicted octanol–water partition coefficient (Wildman–Crippen LogP) is 2.53. The maximum absolute atomic E-state index is 13.9. The smallest absolute Gasteiger partial charge is 0.240 e. The van der Waals surface area contributed by atoms with E-state index >= 15 is 0 Å². The number of hydrogen-bond acceptors (Lipinski definition) is 6. The van der Waals surface area contributed by atoms with Gasteiger partial charge in [-0.15, -0.1) is 10.2 Å². The molecule has 1 atom stereocenters. The van der Waals surface area contributed by atoms with Crippen molar-refractivity contribution >= 4 is 23.6 Å². The first-order chi connectivity index (χ1) is 12.1. The molecule has 1 N–H and O–H groups in total. The van der Waals surface area contributed by atoms with Crippen LogP contribution in [-0.4, -0.2) is 35.9 Å². The number of thioether (sulfide) groups is 1. The average Bonchev–Trinajstić information content (AvgIpc) is 2.97. The number of nitrogens with one attached hydrogen (secondary N) is 1. The zero-order chi connectivity index (χ0) is 17.8. The van der Waals surface area contributed by atoms with Crippen molar-refractivity contribution in [2.45, 2.75) is 17.3 Å². The van der Waals surface area contributed by atoms with Crippen LogP contribution in [0.15, 0.2) is 47.9 Å². The van der Waals surface area contributed by atoms with Crippen molar-refractivity contribution < 1.29 is 9.18 Å². The van der Waals surface area contributed by atoms with Crippen molar-refractivity contribution in [3.63, 3.8) is 0 Å². The molecule has 25 heavy (non-hydrogen) atoms. The molecule has 2 aromatic heterocycles. The fourth-order valence-electron chi connectivity index (χ4n) is 2.08. The standard InChI is InChI=1S/C16H15FN6OS/c1-10(14(24)20-15-18-8-5-9-19-15)25-16-22-21-13(23(16)2)11-6-3-4-7-12(11)17/h3-10H,1-2H3,(H,18,19,20,24). The Morgan fingerprint density at radius 1 is 1.20 bits per heavy atom. The summed E-state index contributed by atoms with van der Waals surface area (Å²) in [6, 6.07) is 8.01. The Morgan fingerprint density at radius 3 is 2.64 bits per heavy atom. The lowest BCUT2D eigenvalue weighted by Crippen LogP contribution is -2.23. The number of amides is 1. The highest BCUT2D eigenvalue weighted by Gasteiger charge is 2.20. The normalized spacial score (nSPS) is 12.0. The van der Waals surface area contributed by atoms with Crippen LogP contribution in [0.4, 0.5) is 10.3 Å². The number of anilines is 1. The summed E-state index contributed by atoms with van der Waals surface area (Å²) < 4.78 is 15.6. The van der Waals surface area contributed by atoms with Gasteiger partial charge >= 0.3 is 0 Å². The molecule has 3 rings (SSSR count). The van der Waals surface area contributed by atoms with Gasteiger partial charge in [-0.2, -0.15) is 0 Å². The lowest BCUT2D eigenvalue weighted by molar-refractivity contribution is -0.115. The van der Waals surface area contributed by atoms with E-state index in [9.17, 15) is 9.18 Å².